The molecule has 0 aromatic rings. The number of rotatable bonds is 1. The second-order valence-corrected chi connectivity index (χ2v) is 3.14. The molecule has 1 fully saturated rings. The number of carbonyl (C=O) groups is 1. The molecule has 76 valence electrons. The summed E-state index contributed by atoms with van der Waals surface area (Å²) < 4.78 is 25.6. The molecule has 1 aliphatic rings. The van der Waals surface area contributed by atoms with Crippen LogP contribution in [-0.4, -0.2) is 29.3 Å². The van der Waals surface area contributed by atoms with Crippen LogP contribution in [0.25, 0.3) is 0 Å². The Labute approximate surface area is 73.6 Å². The van der Waals surface area contributed by atoms with Gasteiger partial charge in [0.25, 0.3) is 5.92 Å². The molecule has 0 spiro atoms. The molecule has 6 heteroatoms. The van der Waals surface area contributed by atoms with E-state index >= 15 is 0 Å². The van der Waals surface area contributed by atoms with Crippen LogP contribution in [0.15, 0.2) is 0 Å². The molecular weight excluding hydrogens is 184 g/mol. The maximum absolute atomic E-state index is 12.8. The van der Waals surface area contributed by atoms with Crippen molar-refractivity contribution < 1.29 is 23.8 Å². The van der Waals surface area contributed by atoms with E-state index in [4.69, 9.17) is 5.11 Å². The Hall–Kier alpha value is -0.910. The lowest BCUT2D eigenvalue weighted by atomic mass is 9.89. The van der Waals surface area contributed by atoms with Gasteiger partial charge in [0.2, 0.25) is 0 Å². The van der Waals surface area contributed by atoms with Gasteiger partial charge in [0.1, 0.15) is 12.2 Å². The molecule has 0 aromatic carbocycles. The van der Waals surface area contributed by atoms with Gasteiger partial charge < -0.3 is 20.3 Å². The van der Waals surface area contributed by atoms with Gasteiger partial charge in [-0.2, -0.15) is 0 Å². The summed E-state index contributed by atoms with van der Waals surface area (Å²) in [6, 6.07) is -1.12. The smallest absolute Gasteiger partial charge is 0.275 e. The van der Waals surface area contributed by atoms with Crippen LogP contribution >= 0.6 is 0 Å². The van der Waals surface area contributed by atoms with E-state index in [0.717, 1.165) is 0 Å². The van der Waals surface area contributed by atoms with Crippen molar-refractivity contribution in [2.45, 2.75) is 37.3 Å². The number of carboxylic acid groups (broad SMARTS) is 1. The summed E-state index contributed by atoms with van der Waals surface area (Å²) in [5.41, 5.74) is 0. The predicted octanol–water partition coefficient (Wildman–Crippen LogP) is -0.532. The minimum absolute atomic E-state index is 0.189. The zero-order valence-electron chi connectivity index (χ0n) is 6.80. The lowest BCUT2D eigenvalue weighted by Crippen LogP contribution is -2.56. The van der Waals surface area contributed by atoms with E-state index in [1.807, 2.05) is 0 Å². The number of alkyl halides is 2. The van der Waals surface area contributed by atoms with E-state index in [1.54, 1.807) is 5.32 Å². The van der Waals surface area contributed by atoms with Crippen LogP contribution in [0.3, 0.4) is 0 Å². The Morgan fingerprint density at radius 3 is 2.77 bits per heavy atom. The zero-order valence-corrected chi connectivity index (χ0v) is 6.80. The minimum atomic E-state index is -3.20. The van der Waals surface area contributed by atoms with E-state index in [2.05, 4.69) is 0 Å². The van der Waals surface area contributed by atoms with Gasteiger partial charge in [0.15, 0.2) is 0 Å². The normalized spacial score (nSPS) is 32.5. The number of aliphatic hydroxyl groups excluding tert-OH is 1. The summed E-state index contributed by atoms with van der Waals surface area (Å²) in [4.78, 5) is 10.0. The van der Waals surface area contributed by atoms with Crippen molar-refractivity contribution in [3.05, 3.63) is 0 Å². The molecule has 1 rings (SSSR count). The second kappa shape index (κ2) is 3.45. The van der Waals surface area contributed by atoms with Crippen molar-refractivity contribution >= 4 is 6.09 Å². The van der Waals surface area contributed by atoms with Crippen molar-refractivity contribution in [3.8, 4) is 0 Å². The number of nitrogens with one attached hydrogen (secondary N) is 1. The molecule has 0 aromatic heterocycles. The minimum Gasteiger partial charge on any atom is -0.530 e. The van der Waals surface area contributed by atoms with Crippen LogP contribution < -0.4 is 10.4 Å². The maximum atomic E-state index is 12.8. The molecule has 0 aliphatic heterocycles. The zero-order chi connectivity index (χ0) is 10.1. The SMILES string of the molecule is O=C([O-])N[C@@H]1CCCC(F)(F)[C@H]1O. The van der Waals surface area contributed by atoms with Crippen molar-refractivity contribution in [1.82, 2.24) is 5.32 Å². The highest BCUT2D eigenvalue weighted by molar-refractivity contribution is 5.62. The molecule has 0 radical (unpaired) electrons. The van der Waals surface area contributed by atoms with E-state index in [9.17, 15) is 18.7 Å². The van der Waals surface area contributed by atoms with Crippen LogP contribution in [0.4, 0.5) is 13.6 Å². The number of halogens is 2. The first-order valence-corrected chi connectivity index (χ1v) is 3.97. The fourth-order valence-corrected chi connectivity index (χ4v) is 1.46. The average molecular weight is 194 g/mol. The maximum Gasteiger partial charge on any atom is 0.275 e. The highest BCUT2D eigenvalue weighted by Crippen LogP contribution is 2.33. The summed E-state index contributed by atoms with van der Waals surface area (Å²) in [5, 5.41) is 20.9. The van der Waals surface area contributed by atoms with Crippen molar-refractivity contribution in [3.63, 3.8) is 0 Å². The standard InChI is InChI=1S/C7H11F2NO3/c8-7(9)3-1-2-4(5(7)11)10-6(12)13/h4-5,10-11H,1-3H2,(H,12,13)/p-1/t4-,5+/m1/s1. The van der Waals surface area contributed by atoms with E-state index in [1.165, 1.54) is 0 Å². The molecule has 1 amide bonds. The first-order valence-electron chi connectivity index (χ1n) is 3.97. The summed E-state index contributed by atoms with van der Waals surface area (Å²) in [7, 11) is 0. The topological polar surface area (TPSA) is 72.4 Å². The molecule has 0 unspecified atom stereocenters. The summed E-state index contributed by atoms with van der Waals surface area (Å²) >= 11 is 0. The number of hydrogen-bond acceptors (Lipinski definition) is 3. The first-order chi connectivity index (χ1) is 5.93. The Balaban J connectivity index is 2.60. The third-order valence-corrected chi connectivity index (χ3v) is 2.14. The Kier molecular flexibility index (Phi) is 2.70. The monoisotopic (exact) mass is 194 g/mol. The van der Waals surface area contributed by atoms with Gasteiger partial charge in [-0.1, -0.05) is 0 Å². The summed E-state index contributed by atoms with van der Waals surface area (Å²) in [6.07, 6.45) is -3.58. The lowest BCUT2D eigenvalue weighted by Gasteiger charge is -2.35. The first kappa shape index (κ1) is 10.2. The van der Waals surface area contributed by atoms with Crippen molar-refractivity contribution in [2.75, 3.05) is 0 Å². The van der Waals surface area contributed by atoms with Gasteiger partial charge >= 0.3 is 0 Å². The molecule has 0 heterocycles. The van der Waals surface area contributed by atoms with E-state index < -0.39 is 30.6 Å². The van der Waals surface area contributed by atoms with Crippen LogP contribution in [0, 0.1) is 0 Å². The van der Waals surface area contributed by atoms with Crippen LogP contribution in [0.2, 0.25) is 0 Å². The quantitative estimate of drug-likeness (QED) is 0.589. The summed E-state index contributed by atoms with van der Waals surface area (Å²) in [5.74, 6) is -3.20. The summed E-state index contributed by atoms with van der Waals surface area (Å²) in [6.45, 7) is 0. The predicted molar refractivity (Wildman–Crippen MR) is 37.1 cm³/mol. The van der Waals surface area contributed by atoms with Gasteiger partial charge in [-0.25, -0.2) is 8.78 Å². The largest absolute Gasteiger partial charge is 0.530 e. The number of aliphatic hydroxyl groups is 1. The van der Waals surface area contributed by atoms with Crippen molar-refractivity contribution in [2.24, 2.45) is 0 Å². The molecule has 0 saturated heterocycles. The van der Waals surface area contributed by atoms with Crippen LogP contribution in [-0.2, 0) is 0 Å². The van der Waals surface area contributed by atoms with Crippen molar-refractivity contribution in [1.29, 1.82) is 0 Å². The molecule has 1 aliphatic carbocycles. The Morgan fingerprint density at radius 2 is 2.23 bits per heavy atom. The van der Waals surface area contributed by atoms with Crippen LogP contribution in [0.5, 0.6) is 0 Å². The Morgan fingerprint density at radius 1 is 1.62 bits per heavy atom. The van der Waals surface area contributed by atoms with E-state index in [-0.39, 0.29) is 12.8 Å². The van der Waals surface area contributed by atoms with E-state index in [0.29, 0.717) is 0 Å². The molecule has 2 N–H and O–H groups in total. The number of carbonyl (C=O) groups excluding carboxylic acids is 1. The molecule has 0 bridgehead atoms. The number of amides is 1. The molecule has 13 heavy (non-hydrogen) atoms. The third-order valence-electron chi connectivity index (χ3n) is 2.14. The van der Waals surface area contributed by atoms with Gasteiger partial charge in [-0.05, 0) is 12.8 Å². The Bertz CT molecular complexity index is 210. The fraction of sp³-hybridized carbons (Fsp3) is 0.857. The third kappa shape index (κ3) is 2.27. The van der Waals surface area contributed by atoms with Crippen LogP contribution in [0.1, 0.15) is 19.3 Å². The molecule has 2 atom stereocenters. The molecule has 1 saturated carbocycles. The van der Waals surface area contributed by atoms with Gasteiger partial charge in [0.05, 0.1) is 6.04 Å². The molecular formula is C7H10F2NO3-. The lowest BCUT2D eigenvalue weighted by molar-refractivity contribution is -0.254. The highest BCUT2D eigenvalue weighted by Gasteiger charge is 2.45. The fourth-order valence-electron chi connectivity index (χ4n) is 1.46. The van der Waals surface area contributed by atoms with Gasteiger partial charge in [0, 0.05) is 6.42 Å². The average Bonchev–Trinajstić information content (AvgIpc) is 1.98. The number of hydrogen-bond donors (Lipinski definition) is 2. The second-order valence-electron chi connectivity index (χ2n) is 3.14. The van der Waals surface area contributed by atoms with Gasteiger partial charge in [-0.15, -0.1) is 0 Å². The molecule has 4 nitrogen and oxygen atoms in total. The van der Waals surface area contributed by atoms with Gasteiger partial charge in [-0.3, -0.25) is 0 Å². The highest BCUT2D eigenvalue weighted by atomic mass is 19.3.